The van der Waals surface area contributed by atoms with Crippen molar-refractivity contribution in [3.05, 3.63) is 69.7 Å². The van der Waals surface area contributed by atoms with Crippen molar-refractivity contribution in [1.29, 1.82) is 0 Å². The molecule has 0 spiro atoms. The Kier molecular flexibility index (Phi) is 6.47. The van der Waals surface area contributed by atoms with E-state index >= 15 is 0 Å². The van der Waals surface area contributed by atoms with E-state index in [1.54, 1.807) is 43.5 Å². The van der Waals surface area contributed by atoms with Crippen molar-refractivity contribution < 1.29 is 13.2 Å². The molecule has 0 aliphatic rings. The fourth-order valence-electron chi connectivity index (χ4n) is 2.31. The summed E-state index contributed by atoms with van der Waals surface area (Å²) in [5, 5.41) is 6.06. The number of amides is 1. The van der Waals surface area contributed by atoms with Crippen molar-refractivity contribution in [3.63, 3.8) is 0 Å². The van der Waals surface area contributed by atoms with Crippen LogP contribution >= 0.6 is 23.2 Å². The molecule has 1 unspecified atom stereocenters. The molecule has 1 atom stereocenters. The zero-order valence-corrected chi connectivity index (χ0v) is 16.5. The van der Waals surface area contributed by atoms with Gasteiger partial charge in [0.05, 0.1) is 10.9 Å². The minimum atomic E-state index is -3.74. The van der Waals surface area contributed by atoms with Gasteiger partial charge in [-0.25, -0.2) is 13.6 Å². The number of likely N-dealkylation sites (N-methyl/N-ethyl adjacent to an activating group) is 1. The molecule has 0 saturated heterocycles. The number of nitrogens with two attached hydrogens (primary N) is 1. The second-order valence-electron chi connectivity index (χ2n) is 5.78. The molecule has 0 aromatic heterocycles. The highest BCUT2D eigenvalue weighted by atomic mass is 35.5. The molecule has 26 heavy (non-hydrogen) atoms. The van der Waals surface area contributed by atoms with Gasteiger partial charge in [-0.05, 0) is 54.5 Å². The largest absolute Gasteiger partial charge is 0.335 e. The third-order valence-corrected chi connectivity index (χ3v) is 5.29. The van der Waals surface area contributed by atoms with E-state index < -0.39 is 10.0 Å². The van der Waals surface area contributed by atoms with Gasteiger partial charge in [0, 0.05) is 23.2 Å². The number of nitrogens with zero attached hydrogens (tertiary/aromatic N) is 1. The average molecular weight is 413 g/mol. The summed E-state index contributed by atoms with van der Waals surface area (Å²) in [5.74, 6) is -0.218. The topological polar surface area (TPSA) is 80.5 Å². The fraction of sp³-hybridized carbons (Fsp3) is 0.167. The molecule has 2 N–H and O–H groups in total. The summed E-state index contributed by atoms with van der Waals surface area (Å²) in [5.41, 5.74) is 1.50. The van der Waals surface area contributed by atoms with Crippen LogP contribution in [0.1, 0.15) is 24.1 Å². The summed E-state index contributed by atoms with van der Waals surface area (Å²) < 4.78 is 22.6. The molecule has 0 bridgehead atoms. The average Bonchev–Trinajstić information content (AvgIpc) is 2.57. The smallest absolute Gasteiger partial charge is 0.246 e. The van der Waals surface area contributed by atoms with Crippen molar-refractivity contribution in [2.45, 2.75) is 17.9 Å². The Morgan fingerprint density at radius 2 is 1.65 bits per heavy atom. The van der Waals surface area contributed by atoms with Gasteiger partial charge in [0.2, 0.25) is 15.9 Å². The van der Waals surface area contributed by atoms with Gasteiger partial charge in [-0.15, -0.1) is 0 Å². The monoisotopic (exact) mass is 412 g/mol. The van der Waals surface area contributed by atoms with Crippen molar-refractivity contribution in [1.82, 2.24) is 4.90 Å². The van der Waals surface area contributed by atoms with Gasteiger partial charge in [0.15, 0.2) is 0 Å². The maximum atomic E-state index is 12.4. The molecule has 2 aromatic carbocycles. The first kappa shape index (κ1) is 20.5. The molecule has 0 saturated carbocycles. The zero-order chi connectivity index (χ0) is 19.5. The second-order valence-corrected chi connectivity index (χ2v) is 8.21. The Labute approximate surface area is 163 Å². The Balaban J connectivity index is 2.12. The number of rotatable bonds is 5. The van der Waals surface area contributed by atoms with E-state index in [9.17, 15) is 13.2 Å². The second kappa shape index (κ2) is 8.22. The number of sulfonamides is 1. The molecule has 2 aromatic rings. The van der Waals surface area contributed by atoms with E-state index in [1.165, 1.54) is 23.1 Å². The Morgan fingerprint density at radius 1 is 1.12 bits per heavy atom. The molecule has 2 rings (SSSR count). The number of carbonyl (C=O) groups is 1. The first-order valence-corrected chi connectivity index (χ1v) is 9.92. The van der Waals surface area contributed by atoms with Crippen molar-refractivity contribution in [2.75, 3.05) is 7.05 Å². The molecular formula is C18H18Cl2N2O3S. The summed E-state index contributed by atoms with van der Waals surface area (Å²) >= 11 is 11.9. The molecule has 0 aliphatic carbocycles. The third kappa shape index (κ3) is 5.32. The predicted octanol–water partition coefficient (Wildman–Crippen LogP) is 3.87. The number of benzene rings is 2. The highest BCUT2D eigenvalue weighted by Crippen LogP contribution is 2.22. The third-order valence-electron chi connectivity index (χ3n) is 3.92. The molecule has 0 heterocycles. The van der Waals surface area contributed by atoms with Crippen LogP contribution in [-0.2, 0) is 14.8 Å². The standard InChI is InChI=1S/C18H18Cl2N2O3S/c1-12(14-4-6-17(7-5-14)26(21,24)25)22(2)18(23)8-3-13-9-15(19)11-16(20)10-13/h3-12H,1-2H3,(H2,21,24,25)/b8-3+. The summed E-state index contributed by atoms with van der Waals surface area (Å²) in [7, 11) is -2.08. The van der Waals surface area contributed by atoms with E-state index in [0.717, 1.165) is 11.1 Å². The van der Waals surface area contributed by atoms with Crippen LogP contribution in [0, 0.1) is 0 Å². The van der Waals surface area contributed by atoms with Gasteiger partial charge < -0.3 is 4.90 Å². The minimum Gasteiger partial charge on any atom is -0.335 e. The summed E-state index contributed by atoms with van der Waals surface area (Å²) in [6.07, 6.45) is 3.06. The summed E-state index contributed by atoms with van der Waals surface area (Å²) in [4.78, 5) is 13.9. The van der Waals surface area contributed by atoms with Crippen LogP contribution in [0.4, 0.5) is 0 Å². The quantitative estimate of drug-likeness (QED) is 0.756. The lowest BCUT2D eigenvalue weighted by molar-refractivity contribution is -0.126. The number of carbonyl (C=O) groups excluding carboxylic acids is 1. The van der Waals surface area contributed by atoms with Gasteiger partial charge >= 0.3 is 0 Å². The number of halogens is 2. The van der Waals surface area contributed by atoms with Gasteiger partial charge in [0.25, 0.3) is 0 Å². The molecule has 1 amide bonds. The fourth-order valence-corrected chi connectivity index (χ4v) is 3.37. The van der Waals surface area contributed by atoms with E-state index in [4.69, 9.17) is 28.3 Å². The Morgan fingerprint density at radius 3 is 2.15 bits per heavy atom. The number of hydrogen-bond donors (Lipinski definition) is 1. The maximum Gasteiger partial charge on any atom is 0.246 e. The van der Waals surface area contributed by atoms with E-state index in [0.29, 0.717) is 10.0 Å². The first-order chi connectivity index (χ1) is 12.1. The van der Waals surface area contributed by atoms with Crippen molar-refractivity contribution in [3.8, 4) is 0 Å². The van der Waals surface area contributed by atoms with Crippen LogP contribution in [0.3, 0.4) is 0 Å². The van der Waals surface area contributed by atoms with E-state index in [1.807, 2.05) is 6.92 Å². The van der Waals surface area contributed by atoms with Crippen molar-refractivity contribution >= 4 is 45.2 Å². The number of primary sulfonamides is 1. The summed E-state index contributed by atoms with van der Waals surface area (Å²) in [6.45, 7) is 1.84. The lowest BCUT2D eigenvalue weighted by atomic mass is 10.1. The lowest BCUT2D eigenvalue weighted by Gasteiger charge is -2.24. The van der Waals surface area contributed by atoms with Crippen molar-refractivity contribution in [2.24, 2.45) is 5.14 Å². The van der Waals surface area contributed by atoms with Crippen LogP contribution in [-0.4, -0.2) is 26.3 Å². The molecule has 0 aliphatic heterocycles. The molecule has 0 radical (unpaired) electrons. The SMILES string of the molecule is CC(c1ccc(S(N)(=O)=O)cc1)N(C)C(=O)/C=C/c1cc(Cl)cc(Cl)c1. The highest BCUT2D eigenvalue weighted by molar-refractivity contribution is 7.89. The molecular weight excluding hydrogens is 395 g/mol. The van der Waals surface area contributed by atoms with Crippen LogP contribution in [0.2, 0.25) is 10.0 Å². The van der Waals surface area contributed by atoms with E-state index in [2.05, 4.69) is 0 Å². The van der Waals surface area contributed by atoms with Gasteiger partial charge in [-0.2, -0.15) is 0 Å². The zero-order valence-electron chi connectivity index (χ0n) is 14.2. The van der Waals surface area contributed by atoms with Gasteiger partial charge in [-0.3, -0.25) is 4.79 Å². The molecule has 8 heteroatoms. The van der Waals surface area contributed by atoms with Crippen LogP contribution in [0.15, 0.2) is 53.4 Å². The maximum absolute atomic E-state index is 12.4. The van der Waals surface area contributed by atoms with E-state index in [-0.39, 0.29) is 16.8 Å². The van der Waals surface area contributed by atoms with Crippen LogP contribution < -0.4 is 5.14 Å². The van der Waals surface area contributed by atoms with Gasteiger partial charge in [-0.1, -0.05) is 35.3 Å². The van der Waals surface area contributed by atoms with Crippen LogP contribution in [0.5, 0.6) is 0 Å². The Bertz CT molecular complexity index is 921. The molecule has 0 fully saturated rings. The van der Waals surface area contributed by atoms with Gasteiger partial charge in [0.1, 0.15) is 0 Å². The highest BCUT2D eigenvalue weighted by Gasteiger charge is 2.16. The predicted molar refractivity (Wildman–Crippen MR) is 104 cm³/mol. The minimum absolute atomic E-state index is 0.0279. The Hall–Kier alpha value is -1.86. The molecule has 5 nitrogen and oxygen atoms in total. The summed E-state index contributed by atoms with van der Waals surface area (Å²) in [6, 6.07) is 10.9. The first-order valence-electron chi connectivity index (χ1n) is 7.61. The van der Waals surface area contributed by atoms with Crippen LogP contribution in [0.25, 0.3) is 6.08 Å². The lowest BCUT2D eigenvalue weighted by Crippen LogP contribution is -2.28. The normalized spacial score (nSPS) is 13.0. The number of hydrogen-bond acceptors (Lipinski definition) is 3. The molecule has 138 valence electrons.